The lowest BCUT2D eigenvalue weighted by atomic mass is 10.1. The van der Waals surface area contributed by atoms with Crippen LogP contribution >= 0.6 is 0 Å². The molecule has 2 amide bonds. The van der Waals surface area contributed by atoms with Crippen molar-refractivity contribution in [2.75, 3.05) is 18.9 Å². The van der Waals surface area contributed by atoms with E-state index < -0.39 is 0 Å². The lowest BCUT2D eigenvalue weighted by Gasteiger charge is -2.24. The second kappa shape index (κ2) is 9.33. The van der Waals surface area contributed by atoms with E-state index in [4.69, 9.17) is 0 Å². The predicted octanol–water partition coefficient (Wildman–Crippen LogP) is 3.19. The Balaban J connectivity index is 1.87. The second-order valence-corrected chi connectivity index (χ2v) is 7.05. The standard InChI is InChI=1S/C22H29N3O2/c1-15-9-6-7-12-19(15)14-25(5)18(4)22(27)23-13-20(26)24-21-16(2)10-8-11-17(21)3/h6-12,18H,13-14H2,1-5H3,(H,23,27)(H,24,26). The van der Waals surface area contributed by atoms with Gasteiger partial charge >= 0.3 is 0 Å². The number of amides is 2. The molecule has 1 atom stereocenters. The van der Waals surface area contributed by atoms with Crippen LogP contribution in [-0.2, 0) is 16.1 Å². The van der Waals surface area contributed by atoms with Gasteiger partial charge in [0.25, 0.3) is 0 Å². The largest absolute Gasteiger partial charge is 0.346 e. The summed E-state index contributed by atoms with van der Waals surface area (Å²) in [5.74, 6) is -0.391. The minimum atomic E-state index is -0.336. The first-order valence-corrected chi connectivity index (χ1v) is 9.18. The molecule has 0 spiro atoms. The molecule has 2 aromatic rings. The van der Waals surface area contributed by atoms with Crippen LogP contribution in [0.4, 0.5) is 5.69 Å². The molecule has 0 aliphatic carbocycles. The zero-order valence-electron chi connectivity index (χ0n) is 16.8. The number of carbonyl (C=O) groups is 2. The number of anilines is 1. The Kier molecular flexibility index (Phi) is 7.13. The maximum absolute atomic E-state index is 12.4. The van der Waals surface area contributed by atoms with Gasteiger partial charge in [-0.05, 0) is 57.0 Å². The molecule has 1 unspecified atom stereocenters. The van der Waals surface area contributed by atoms with Crippen molar-refractivity contribution in [1.29, 1.82) is 0 Å². The van der Waals surface area contributed by atoms with Gasteiger partial charge in [-0.25, -0.2) is 0 Å². The van der Waals surface area contributed by atoms with Crippen molar-refractivity contribution in [3.05, 3.63) is 64.7 Å². The fourth-order valence-corrected chi connectivity index (χ4v) is 2.90. The highest BCUT2D eigenvalue weighted by atomic mass is 16.2. The molecule has 5 heteroatoms. The first-order chi connectivity index (χ1) is 12.8. The zero-order chi connectivity index (χ0) is 20.0. The van der Waals surface area contributed by atoms with Crippen molar-refractivity contribution in [3.63, 3.8) is 0 Å². The number of hydrogen-bond donors (Lipinski definition) is 2. The van der Waals surface area contributed by atoms with E-state index in [0.717, 1.165) is 16.8 Å². The van der Waals surface area contributed by atoms with Crippen LogP contribution in [0.2, 0.25) is 0 Å². The van der Waals surface area contributed by atoms with Crippen molar-refractivity contribution in [2.24, 2.45) is 0 Å². The van der Waals surface area contributed by atoms with Crippen LogP contribution in [-0.4, -0.2) is 36.3 Å². The average Bonchev–Trinajstić information content (AvgIpc) is 2.64. The topological polar surface area (TPSA) is 61.4 Å². The molecule has 5 nitrogen and oxygen atoms in total. The smallest absolute Gasteiger partial charge is 0.243 e. The molecule has 2 aromatic carbocycles. The van der Waals surface area contributed by atoms with E-state index >= 15 is 0 Å². The minimum absolute atomic E-state index is 0.0465. The maximum atomic E-state index is 12.4. The van der Waals surface area contributed by atoms with Gasteiger partial charge in [0, 0.05) is 12.2 Å². The normalized spacial score (nSPS) is 11.9. The molecule has 0 aromatic heterocycles. The number of para-hydroxylation sites is 1. The first kappa shape index (κ1) is 20.6. The van der Waals surface area contributed by atoms with Crippen molar-refractivity contribution < 1.29 is 9.59 Å². The number of benzene rings is 2. The Hall–Kier alpha value is -2.66. The Morgan fingerprint density at radius 2 is 1.56 bits per heavy atom. The molecule has 144 valence electrons. The van der Waals surface area contributed by atoms with Crippen molar-refractivity contribution in [2.45, 2.75) is 40.3 Å². The Morgan fingerprint density at radius 1 is 0.963 bits per heavy atom. The number of hydrogen-bond acceptors (Lipinski definition) is 3. The Bertz CT molecular complexity index is 797. The van der Waals surface area contributed by atoms with Crippen molar-refractivity contribution in [3.8, 4) is 0 Å². The van der Waals surface area contributed by atoms with E-state index in [1.54, 1.807) is 0 Å². The molecule has 0 aliphatic rings. The maximum Gasteiger partial charge on any atom is 0.243 e. The average molecular weight is 367 g/mol. The van der Waals surface area contributed by atoms with Crippen molar-refractivity contribution >= 4 is 17.5 Å². The van der Waals surface area contributed by atoms with Crippen LogP contribution in [0.25, 0.3) is 0 Å². The molecule has 0 heterocycles. The lowest BCUT2D eigenvalue weighted by Crippen LogP contribution is -2.45. The third-order valence-corrected chi connectivity index (χ3v) is 4.89. The summed E-state index contributed by atoms with van der Waals surface area (Å²) < 4.78 is 0. The number of carbonyl (C=O) groups excluding carboxylic acids is 2. The number of nitrogens with one attached hydrogen (secondary N) is 2. The summed E-state index contributed by atoms with van der Waals surface area (Å²) in [5, 5.41) is 5.61. The van der Waals surface area contributed by atoms with E-state index in [1.807, 2.05) is 63.1 Å². The highest BCUT2D eigenvalue weighted by Gasteiger charge is 2.19. The number of likely N-dealkylation sites (N-methyl/N-ethyl adjacent to an activating group) is 1. The zero-order valence-corrected chi connectivity index (χ0v) is 16.8. The summed E-state index contributed by atoms with van der Waals surface area (Å²) in [6, 6.07) is 13.6. The van der Waals surface area contributed by atoms with Gasteiger partial charge in [0.15, 0.2) is 0 Å². The SMILES string of the molecule is Cc1ccccc1CN(C)C(C)C(=O)NCC(=O)Nc1c(C)cccc1C. The summed E-state index contributed by atoms with van der Waals surface area (Å²) in [6.45, 7) is 8.43. The fraction of sp³-hybridized carbons (Fsp3) is 0.364. The van der Waals surface area contributed by atoms with E-state index in [9.17, 15) is 9.59 Å². The summed E-state index contributed by atoms with van der Waals surface area (Å²) in [4.78, 5) is 26.6. The molecule has 2 rings (SSSR count). The predicted molar refractivity (Wildman–Crippen MR) is 110 cm³/mol. The first-order valence-electron chi connectivity index (χ1n) is 9.18. The van der Waals surface area contributed by atoms with Crippen LogP contribution < -0.4 is 10.6 Å². The van der Waals surface area contributed by atoms with Gasteiger partial charge < -0.3 is 10.6 Å². The molecule has 0 radical (unpaired) electrons. The summed E-state index contributed by atoms with van der Waals surface area (Å²) >= 11 is 0. The van der Waals surface area contributed by atoms with E-state index in [1.165, 1.54) is 11.1 Å². The van der Waals surface area contributed by atoms with Crippen LogP contribution in [0.3, 0.4) is 0 Å². The van der Waals surface area contributed by atoms with Crippen LogP contribution in [0.5, 0.6) is 0 Å². The molecular formula is C22H29N3O2. The molecule has 0 aliphatic heterocycles. The van der Waals surface area contributed by atoms with Gasteiger partial charge in [0.2, 0.25) is 11.8 Å². The summed E-state index contributed by atoms with van der Waals surface area (Å²) in [5.41, 5.74) is 5.20. The van der Waals surface area contributed by atoms with E-state index in [-0.39, 0.29) is 24.4 Å². The second-order valence-electron chi connectivity index (χ2n) is 7.05. The van der Waals surface area contributed by atoms with Gasteiger partial charge in [-0.1, -0.05) is 42.5 Å². The number of nitrogens with zero attached hydrogens (tertiary/aromatic N) is 1. The quantitative estimate of drug-likeness (QED) is 0.790. The van der Waals surface area contributed by atoms with Gasteiger partial charge in [-0.15, -0.1) is 0 Å². The minimum Gasteiger partial charge on any atom is -0.346 e. The number of rotatable bonds is 7. The Morgan fingerprint density at radius 3 is 2.19 bits per heavy atom. The van der Waals surface area contributed by atoms with E-state index in [0.29, 0.717) is 6.54 Å². The van der Waals surface area contributed by atoms with Crippen LogP contribution in [0, 0.1) is 20.8 Å². The lowest BCUT2D eigenvalue weighted by molar-refractivity contribution is -0.127. The van der Waals surface area contributed by atoms with Gasteiger partial charge in [0.1, 0.15) is 0 Å². The van der Waals surface area contributed by atoms with Crippen LogP contribution in [0.1, 0.15) is 29.2 Å². The Labute approximate surface area is 161 Å². The van der Waals surface area contributed by atoms with Crippen molar-refractivity contribution in [1.82, 2.24) is 10.2 Å². The summed E-state index contributed by atoms with van der Waals surface area (Å²) in [6.07, 6.45) is 0. The molecule has 0 bridgehead atoms. The highest BCUT2D eigenvalue weighted by Crippen LogP contribution is 2.19. The van der Waals surface area contributed by atoms with Gasteiger partial charge in [-0.3, -0.25) is 14.5 Å². The molecule has 27 heavy (non-hydrogen) atoms. The summed E-state index contributed by atoms with van der Waals surface area (Å²) in [7, 11) is 1.91. The third kappa shape index (κ3) is 5.66. The van der Waals surface area contributed by atoms with E-state index in [2.05, 4.69) is 29.7 Å². The molecular weight excluding hydrogens is 338 g/mol. The highest BCUT2D eigenvalue weighted by molar-refractivity contribution is 5.96. The molecule has 0 fully saturated rings. The number of aryl methyl sites for hydroxylation is 3. The fourth-order valence-electron chi connectivity index (χ4n) is 2.90. The third-order valence-electron chi connectivity index (χ3n) is 4.89. The monoisotopic (exact) mass is 367 g/mol. The molecule has 0 saturated heterocycles. The molecule has 0 saturated carbocycles. The van der Waals surface area contributed by atoms with Gasteiger partial charge in [0.05, 0.1) is 12.6 Å². The van der Waals surface area contributed by atoms with Crippen LogP contribution in [0.15, 0.2) is 42.5 Å². The molecule has 2 N–H and O–H groups in total. The van der Waals surface area contributed by atoms with Gasteiger partial charge in [-0.2, -0.15) is 0 Å².